The number of piperidine rings is 2. The van der Waals surface area contributed by atoms with E-state index in [4.69, 9.17) is 11.6 Å². The Morgan fingerprint density at radius 1 is 1.00 bits per heavy atom. The molecule has 4 bridgehead atoms. The topological polar surface area (TPSA) is 32.3 Å². The molecule has 0 saturated carbocycles. The van der Waals surface area contributed by atoms with Gasteiger partial charge in [-0.1, -0.05) is 11.6 Å². The maximum absolute atomic E-state index is 5.82. The highest BCUT2D eigenvalue weighted by molar-refractivity contribution is 6.29. The Morgan fingerprint density at radius 2 is 1.89 bits per heavy atom. The molecule has 5 heteroatoms. The highest BCUT2D eigenvalue weighted by Crippen LogP contribution is 2.37. The van der Waals surface area contributed by atoms with Crippen molar-refractivity contribution in [2.24, 2.45) is 11.8 Å². The van der Waals surface area contributed by atoms with E-state index in [-0.39, 0.29) is 0 Å². The molecule has 0 spiro atoms. The van der Waals surface area contributed by atoms with Gasteiger partial charge in [-0.15, -0.1) is 10.2 Å². The molecular formula is C13H17ClN4. The first-order chi connectivity index (χ1) is 8.78. The minimum Gasteiger partial charge on any atom is -0.351 e. The normalized spacial score (nSPS) is 37.9. The summed E-state index contributed by atoms with van der Waals surface area (Å²) in [5.41, 5.74) is 0. The number of hydrogen-bond donors (Lipinski definition) is 0. The summed E-state index contributed by atoms with van der Waals surface area (Å²) >= 11 is 5.82. The van der Waals surface area contributed by atoms with E-state index in [2.05, 4.69) is 20.0 Å². The molecule has 4 fully saturated rings. The summed E-state index contributed by atoms with van der Waals surface area (Å²) in [6, 6.07) is 4.48. The van der Waals surface area contributed by atoms with Crippen LogP contribution in [0, 0.1) is 11.8 Å². The second-order valence-corrected chi connectivity index (χ2v) is 6.33. The Balaban J connectivity index is 1.67. The Kier molecular flexibility index (Phi) is 2.49. The van der Waals surface area contributed by atoms with Crippen LogP contribution < -0.4 is 4.90 Å². The van der Waals surface area contributed by atoms with E-state index in [1.807, 2.05) is 12.1 Å². The van der Waals surface area contributed by atoms with E-state index in [0.717, 1.165) is 24.2 Å². The third kappa shape index (κ3) is 1.79. The first kappa shape index (κ1) is 11.0. The van der Waals surface area contributed by atoms with Gasteiger partial charge in [-0.3, -0.25) is 0 Å². The first-order valence-corrected chi connectivity index (χ1v) is 7.14. The van der Waals surface area contributed by atoms with E-state index in [9.17, 15) is 0 Å². The van der Waals surface area contributed by atoms with Crippen LogP contribution in [0.3, 0.4) is 0 Å². The van der Waals surface area contributed by atoms with Gasteiger partial charge in [0.05, 0.1) is 0 Å². The van der Waals surface area contributed by atoms with Crippen LogP contribution in [0.25, 0.3) is 0 Å². The van der Waals surface area contributed by atoms with Crippen molar-refractivity contribution >= 4 is 17.4 Å². The highest BCUT2D eigenvalue weighted by Gasteiger charge is 2.41. The molecule has 0 amide bonds. The summed E-state index contributed by atoms with van der Waals surface area (Å²) in [5.74, 6) is 2.69. The lowest BCUT2D eigenvalue weighted by atomic mass is 9.84. The zero-order valence-electron chi connectivity index (χ0n) is 10.3. The van der Waals surface area contributed by atoms with Gasteiger partial charge in [0.2, 0.25) is 0 Å². The van der Waals surface area contributed by atoms with Gasteiger partial charge in [-0.05, 0) is 36.8 Å². The molecule has 0 aliphatic carbocycles. The van der Waals surface area contributed by atoms with Gasteiger partial charge in [0.1, 0.15) is 0 Å². The third-order valence-corrected chi connectivity index (χ3v) is 4.78. The van der Waals surface area contributed by atoms with Crippen molar-refractivity contribution in [3.8, 4) is 0 Å². The molecule has 4 nitrogen and oxygen atoms in total. The molecule has 0 aromatic carbocycles. The summed E-state index contributed by atoms with van der Waals surface area (Å²) in [6.07, 6.45) is 2.71. The quantitative estimate of drug-likeness (QED) is 0.772. The maximum Gasteiger partial charge on any atom is 0.151 e. The van der Waals surface area contributed by atoms with Crippen LogP contribution in [0.15, 0.2) is 12.1 Å². The summed E-state index contributed by atoms with van der Waals surface area (Å²) in [7, 11) is 0. The molecule has 5 rings (SSSR count). The molecule has 0 radical (unpaired) electrons. The lowest BCUT2D eigenvalue weighted by Crippen LogP contribution is -2.49. The molecule has 1 aromatic rings. The maximum atomic E-state index is 5.82. The van der Waals surface area contributed by atoms with Crippen LogP contribution in [0.1, 0.15) is 12.8 Å². The van der Waals surface area contributed by atoms with E-state index >= 15 is 0 Å². The number of nitrogens with zero attached hydrogens (tertiary/aromatic N) is 4. The van der Waals surface area contributed by atoms with Gasteiger partial charge in [0.25, 0.3) is 0 Å². The smallest absolute Gasteiger partial charge is 0.151 e. The standard InChI is InChI=1S/C13H17ClN4/c14-12-1-2-13(16-15-12)18-7-10-3-9-4-11(18)8-17(5-9)6-10/h1-2,9-11H,3-8H2. The monoisotopic (exact) mass is 264 g/mol. The van der Waals surface area contributed by atoms with Crippen molar-refractivity contribution in [2.45, 2.75) is 18.9 Å². The summed E-state index contributed by atoms with van der Waals surface area (Å²) in [5, 5.41) is 8.73. The van der Waals surface area contributed by atoms with Crippen molar-refractivity contribution in [1.82, 2.24) is 15.1 Å². The van der Waals surface area contributed by atoms with E-state index in [0.29, 0.717) is 11.2 Å². The first-order valence-electron chi connectivity index (χ1n) is 6.76. The molecule has 4 saturated heterocycles. The number of anilines is 1. The predicted molar refractivity (Wildman–Crippen MR) is 70.8 cm³/mol. The molecule has 4 aliphatic rings. The molecule has 4 unspecified atom stereocenters. The molecule has 18 heavy (non-hydrogen) atoms. The van der Waals surface area contributed by atoms with Gasteiger partial charge >= 0.3 is 0 Å². The Labute approximate surface area is 112 Å². The van der Waals surface area contributed by atoms with E-state index in [1.165, 1.54) is 32.5 Å². The molecule has 4 atom stereocenters. The van der Waals surface area contributed by atoms with Crippen LogP contribution in [0.4, 0.5) is 5.82 Å². The van der Waals surface area contributed by atoms with Gasteiger partial charge < -0.3 is 9.80 Å². The van der Waals surface area contributed by atoms with Crippen LogP contribution in [-0.2, 0) is 0 Å². The van der Waals surface area contributed by atoms with Gasteiger partial charge in [-0.25, -0.2) is 0 Å². The minimum absolute atomic E-state index is 0.475. The average Bonchev–Trinajstić information content (AvgIpc) is 2.55. The molecule has 5 heterocycles. The molecule has 96 valence electrons. The molecule has 1 aromatic heterocycles. The van der Waals surface area contributed by atoms with E-state index in [1.54, 1.807) is 0 Å². The van der Waals surface area contributed by atoms with Crippen molar-refractivity contribution in [2.75, 3.05) is 31.1 Å². The van der Waals surface area contributed by atoms with Crippen molar-refractivity contribution in [3.05, 3.63) is 17.3 Å². The van der Waals surface area contributed by atoms with Crippen LogP contribution in [0.5, 0.6) is 0 Å². The van der Waals surface area contributed by atoms with Crippen LogP contribution in [-0.4, -0.2) is 47.3 Å². The van der Waals surface area contributed by atoms with Crippen LogP contribution >= 0.6 is 11.6 Å². The Morgan fingerprint density at radius 3 is 2.67 bits per heavy atom. The van der Waals surface area contributed by atoms with Gasteiger partial charge in [0, 0.05) is 32.2 Å². The second-order valence-electron chi connectivity index (χ2n) is 5.94. The number of halogens is 1. The fourth-order valence-electron chi connectivity index (χ4n) is 4.03. The minimum atomic E-state index is 0.475. The summed E-state index contributed by atoms with van der Waals surface area (Å²) < 4.78 is 0. The average molecular weight is 265 g/mol. The van der Waals surface area contributed by atoms with E-state index < -0.39 is 0 Å². The summed E-state index contributed by atoms with van der Waals surface area (Å²) in [4.78, 5) is 5.10. The fourth-order valence-corrected chi connectivity index (χ4v) is 4.13. The zero-order chi connectivity index (χ0) is 12.1. The number of aromatic nitrogens is 2. The Bertz CT molecular complexity index is 435. The molecule has 0 N–H and O–H groups in total. The number of hydrogen-bond acceptors (Lipinski definition) is 4. The third-order valence-electron chi connectivity index (χ3n) is 4.58. The molecular weight excluding hydrogens is 248 g/mol. The lowest BCUT2D eigenvalue weighted by molar-refractivity contribution is 0.0980. The fraction of sp³-hybridized carbons (Fsp3) is 0.692. The van der Waals surface area contributed by atoms with Gasteiger partial charge in [0.15, 0.2) is 11.0 Å². The largest absolute Gasteiger partial charge is 0.351 e. The van der Waals surface area contributed by atoms with Crippen LogP contribution in [0.2, 0.25) is 5.15 Å². The second kappa shape index (κ2) is 4.07. The van der Waals surface area contributed by atoms with Crippen molar-refractivity contribution in [1.29, 1.82) is 0 Å². The van der Waals surface area contributed by atoms with Crippen molar-refractivity contribution < 1.29 is 0 Å². The Hall–Kier alpha value is -0.870. The SMILES string of the molecule is Clc1ccc(N2CC3CC4CC2CN(C4)C3)nn1. The summed E-state index contributed by atoms with van der Waals surface area (Å²) in [6.45, 7) is 4.91. The molecule has 4 aliphatic heterocycles. The number of fused-ring (bicyclic) bond motifs is 1. The van der Waals surface area contributed by atoms with Crippen molar-refractivity contribution in [3.63, 3.8) is 0 Å². The highest BCUT2D eigenvalue weighted by atomic mass is 35.5. The van der Waals surface area contributed by atoms with Gasteiger partial charge in [-0.2, -0.15) is 0 Å². The number of rotatable bonds is 1. The predicted octanol–water partition coefficient (Wildman–Crippen LogP) is 1.66. The lowest BCUT2D eigenvalue weighted by Gasteiger charge is -2.41. The zero-order valence-corrected chi connectivity index (χ0v) is 11.1.